The lowest BCUT2D eigenvalue weighted by Gasteiger charge is -2.28. The van der Waals surface area contributed by atoms with E-state index in [1.165, 1.54) is 17.4 Å². The van der Waals surface area contributed by atoms with E-state index in [-0.39, 0.29) is 5.91 Å². The highest BCUT2D eigenvalue weighted by Gasteiger charge is 2.19. The Morgan fingerprint density at radius 1 is 1.03 bits per heavy atom. The van der Waals surface area contributed by atoms with Gasteiger partial charge in [0.25, 0.3) is 0 Å². The van der Waals surface area contributed by atoms with Crippen molar-refractivity contribution in [2.45, 2.75) is 11.4 Å². The minimum atomic E-state index is 0.00667. The second-order valence-electron chi connectivity index (χ2n) is 8.35. The molecule has 2 aromatic heterocycles. The second-order valence-corrected chi connectivity index (χ2v) is 9.14. The van der Waals surface area contributed by atoms with Gasteiger partial charge in [-0.2, -0.15) is 15.1 Å². The number of hydrogen-bond acceptors (Lipinski definition) is 9. The summed E-state index contributed by atoms with van der Waals surface area (Å²) in [5.74, 6) is 1.09. The number of benzene rings is 2. The van der Waals surface area contributed by atoms with Crippen LogP contribution in [0.25, 0.3) is 11.0 Å². The van der Waals surface area contributed by atoms with Gasteiger partial charge in [-0.3, -0.25) is 9.89 Å². The molecule has 4 heterocycles. The molecule has 2 aliphatic heterocycles. The molecule has 0 unspecified atom stereocenters. The minimum Gasteiger partial charge on any atom is -0.378 e. The zero-order valence-electron chi connectivity index (χ0n) is 19.1. The van der Waals surface area contributed by atoms with Crippen LogP contribution in [0.2, 0.25) is 0 Å². The van der Waals surface area contributed by atoms with Gasteiger partial charge in [-0.15, -0.1) is 11.8 Å². The average molecular weight is 489 g/mol. The van der Waals surface area contributed by atoms with Crippen molar-refractivity contribution in [3.8, 4) is 0 Å². The van der Waals surface area contributed by atoms with Crippen LogP contribution >= 0.6 is 11.8 Å². The van der Waals surface area contributed by atoms with E-state index in [2.05, 4.69) is 48.2 Å². The molecule has 10 nitrogen and oxygen atoms in total. The maximum Gasteiger partial charge on any atom is 0.231 e. The van der Waals surface area contributed by atoms with Gasteiger partial charge in [0.05, 0.1) is 25.0 Å². The highest BCUT2D eigenvalue weighted by atomic mass is 32.2. The molecule has 2 aliphatic rings. The summed E-state index contributed by atoms with van der Waals surface area (Å²) in [7, 11) is 0. The van der Waals surface area contributed by atoms with E-state index in [0.29, 0.717) is 23.8 Å². The Labute approximate surface area is 205 Å². The average Bonchev–Trinajstić information content (AvgIpc) is 3.47. The van der Waals surface area contributed by atoms with Gasteiger partial charge in [0.15, 0.2) is 5.65 Å². The van der Waals surface area contributed by atoms with Crippen LogP contribution in [-0.2, 0) is 16.0 Å². The predicted octanol–water partition coefficient (Wildman–Crippen LogP) is 3.89. The number of fused-ring (bicyclic) bond motifs is 2. The fraction of sp³-hybridized carbons (Fsp3) is 0.250. The Hall–Kier alpha value is -3.83. The number of hydrogen-bond donors (Lipinski definition) is 4. The first-order valence-electron chi connectivity index (χ1n) is 11.4. The zero-order valence-corrected chi connectivity index (χ0v) is 19.9. The Morgan fingerprint density at radius 3 is 2.63 bits per heavy atom. The van der Waals surface area contributed by atoms with Gasteiger partial charge in [-0.25, -0.2) is 0 Å². The van der Waals surface area contributed by atoms with Crippen LogP contribution in [0.4, 0.5) is 34.5 Å². The third-order valence-electron chi connectivity index (χ3n) is 6.08. The summed E-state index contributed by atoms with van der Waals surface area (Å²) in [6, 6.07) is 14.0. The number of morpholine rings is 1. The molecular formula is C24H24N8O2S. The summed E-state index contributed by atoms with van der Waals surface area (Å²) < 4.78 is 5.44. The van der Waals surface area contributed by atoms with Crippen LogP contribution in [0.5, 0.6) is 0 Å². The number of aromatic amines is 1. The molecule has 2 aromatic carbocycles. The Morgan fingerprint density at radius 2 is 1.83 bits per heavy atom. The van der Waals surface area contributed by atoms with E-state index >= 15 is 0 Å². The monoisotopic (exact) mass is 488 g/mol. The summed E-state index contributed by atoms with van der Waals surface area (Å²) in [5, 5.41) is 18.6. The topological polar surface area (TPSA) is 120 Å². The summed E-state index contributed by atoms with van der Waals surface area (Å²) in [6.07, 6.45) is 2.37. The van der Waals surface area contributed by atoms with Crippen molar-refractivity contribution in [1.82, 2.24) is 20.2 Å². The molecule has 4 aromatic rings. The van der Waals surface area contributed by atoms with Crippen molar-refractivity contribution in [3.63, 3.8) is 0 Å². The number of amides is 1. The van der Waals surface area contributed by atoms with Gasteiger partial charge in [0, 0.05) is 35.8 Å². The molecule has 0 saturated carbocycles. The Balaban J connectivity index is 1.29. The maximum atomic E-state index is 11.7. The number of nitrogens with one attached hydrogen (secondary N) is 4. The number of H-pyrrole nitrogens is 1. The van der Waals surface area contributed by atoms with Crippen LogP contribution in [0, 0.1) is 0 Å². The molecule has 0 radical (unpaired) electrons. The van der Waals surface area contributed by atoms with Crippen molar-refractivity contribution >= 4 is 63.2 Å². The number of anilines is 6. The van der Waals surface area contributed by atoms with Crippen LogP contribution in [0.3, 0.4) is 0 Å². The van der Waals surface area contributed by atoms with E-state index in [1.807, 2.05) is 36.6 Å². The molecule has 11 heteroatoms. The molecule has 1 amide bonds. The SMILES string of the molecule is CSc1n[nH]c2nc(Nc3ccc(N4CCOCC4)cc3)nc(Nc3ccc4c(c3)NC(=O)C4)c12. The number of ether oxygens (including phenoxy) is 1. The fourth-order valence-corrected chi connectivity index (χ4v) is 4.87. The number of carbonyl (C=O) groups excluding carboxylic acids is 1. The van der Waals surface area contributed by atoms with E-state index in [9.17, 15) is 4.79 Å². The number of aromatic nitrogens is 4. The molecule has 1 fully saturated rings. The lowest BCUT2D eigenvalue weighted by atomic mass is 10.1. The van der Waals surface area contributed by atoms with Gasteiger partial charge >= 0.3 is 0 Å². The minimum absolute atomic E-state index is 0.00667. The summed E-state index contributed by atoms with van der Waals surface area (Å²) >= 11 is 1.52. The first-order chi connectivity index (χ1) is 17.2. The van der Waals surface area contributed by atoms with E-state index < -0.39 is 0 Å². The van der Waals surface area contributed by atoms with Crippen LogP contribution in [0.1, 0.15) is 5.56 Å². The summed E-state index contributed by atoms with van der Waals surface area (Å²) in [5.41, 5.74) is 5.32. The van der Waals surface area contributed by atoms with Gasteiger partial charge in [-0.1, -0.05) is 6.07 Å². The van der Waals surface area contributed by atoms with Gasteiger partial charge in [0.2, 0.25) is 11.9 Å². The van der Waals surface area contributed by atoms with Gasteiger partial charge < -0.3 is 25.6 Å². The molecule has 178 valence electrons. The molecule has 0 aliphatic carbocycles. The molecule has 0 atom stereocenters. The first kappa shape index (κ1) is 21.7. The number of nitrogens with zero attached hydrogens (tertiary/aromatic N) is 4. The van der Waals surface area contributed by atoms with E-state index in [1.54, 1.807) is 0 Å². The third kappa shape index (κ3) is 4.35. The maximum absolute atomic E-state index is 11.7. The summed E-state index contributed by atoms with van der Waals surface area (Å²) in [4.78, 5) is 23.5. The summed E-state index contributed by atoms with van der Waals surface area (Å²) in [6.45, 7) is 3.29. The van der Waals surface area contributed by atoms with Crippen molar-refractivity contribution < 1.29 is 9.53 Å². The standard InChI is InChI=1S/C24H24N8O2S/c1-35-23-20-21(25-16-3-2-14-12-19(33)27-18(14)13-16)28-24(29-22(20)30-31-23)26-15-4-6-17(7-5-15)32-8-10-34-11-9-32/h2-7,13H,8-12H2,1H3,(H,27,33)(H3,25,26,28,29,30,31). The Kier molecular flexibility index (Phi) is 5.63. The quantitative estimate of drug-likeness (QED) is 0.300. The molecule has 6 rings (SSSR count). The third-order valence-corrected chi connectivity index (χ3v) is 6.76. The molecule has 35 heavy (non-hydrogen) atoms. The highest BCUT2D eigenvalue weighted by molar-refractivity contribution is 7.98. The van der Waals surface area contributed by atoms with Gasteiger partial charge in [-0.05, 0) is 48.2 Å². The number of carbonyl (C=O) groups is 1. The largest absolute Gasteiger partial charge is 0.378 e. The zero-order chi connectivity index (χ0) is 23.8. The van der Waals surface area contributed by atoms with Crippen molar-refractivity contribution in [2.24, 2.45) is 0 Å². The fourth-order valence-electron chi connectivity index (χ4n) is 4.33. The number of thioether (sulfide) groups is 1. The van der Waals surface area contributed by atoms with Crippen molar-refractivity contribution in [1.29, 1.82) is 0 Å². The Bertz CT molecular complexity index is 1400. The molecule has 0 spiro atoms. The predicted molar refractivity (Wildman–Crippen MR) is 138 cm³/mol. The van der Waals surface area contributed by atoms with Crippen LogP contribution < -0.4 is 20.9 Å². The molecule has 1 saturated heterocycles. The van der Waals surface area contributed by atoms with Crippen molar-refractivity contribution in [3.05, 3.63) is 48.0 Å². The van der Waals surface area contributed by atoms with E-state index in [0.717, 1.165) is 59.3 Å². The van der Waals surface area contributed by atoms with Crippen molar-refractivity contribution in [2.75, 3.05) is 53.4 Å². The highest BCUT2D eigenvalue weighted by Crippen LogP contribution is 2.34. The number of rotatable bonds is 6. The van der Waals surface area contributed by atoms with Crippen LogP contribution in [-0.4, -0.2) is 58.6 Å². The lowest BCUT2D eigenvalue weighted by Crippen LogP contribution is -2.36. The molecule has 4 N–H and O–H groups in total. The van der Waals surface area contributed by atoms with E-state index in [4.69, 9.17) is 9.72 Å². The lowest BCUT2D eigenvalue weighted by molar-refractivity contribution is -0.115. The second kappa shape index (κ2) is 9.08. The van der Waals surface area contributed by atoms with Gasteiger partial charge in [0.1, 0.15) is 10.8 Å². The smallest absolute Gasteiger partial charge is 0.231 e. The normalized spacial score (nSPS) is 15.2. The first-order valence-corrected chi connectivity index (χ1v) is 12.6. The molecule has 0 bridgehead atoms. The molecular weight excluding hydrogens is 464 g/mol. The van der Waals surface area contributed by atoms with Crippen LogP contribution in [0.15, 0.2) is 47.5 Å².